The molecule has 35 valence electrons. The molecule has 0 spiro atoms. The Morgan fingerprint density at radius 2 is 2.67 bits per heavy atom. The van der Waals surface area contributed by atoms with Gasteiger partial charge in [-0.05, 0) is 0 Å². The van der Waals surface area contributed by atoms with E-state index in [1.807, 2.05) is 0 Å². The second-order valence-electron chi connectivity index (χ2n) is 1.27. The van der Waals surface area contributed by atoms with Crippen molar-refractivity contribution in [3.05, 3.63) is 0 Å². The van der Waals surface area contributed by atoms with Crippen LogP contribution in [0, 0.1) is 0 Å². The van der Waals surface area contributed by atoms with E-state index in [-0.39, 0.29) is 6.10 Å². The van der Waals surface area contributed by atoms with E-state index < -0.39 is 0 Å². The van der Waals surface area contributed by atoms with Crippen LogP contribution in [-0.2, 0) is 9.57 Å². The Balaban J connectivity index is 1.88. The smallest absolute Gasteiger partial charge is 0.106 e. The molecule has 1 radical (unpaired) electrons. The number of ether oxygens (including phenoxy) is 1. The van der Waals surface area contributed by atoms with Crippen LogP contribution in [0.5, 0.6) is 0 Å². The molecule has 1 heterocycles. The molecule has 1 saturated heterocycles. The molecule has 0 aromatic rings. The van der Waals surface area contributed by atoms with Crippen molar-refractivity contribution >= 4 is 0 Å². The first-order valence-electron chi connectivity index (χ1n) is 1.83. The summed E-state index contributed by atoms with van der Waals surface area (Å²) >= 11 is 0. The van der Waals surface area contributed by atoms with Gasteiger partial charge in [0.1, 0.15) is 6.10 Å². The zero-order chi connectivity index (χ0) is 4.41. The molecule has 0 bridgehead atoms. The minimum absolute atomic E-state index is 0.238. The van der Waals surface area contributed by atoms with Crippen LogP contribution in [0.15, 0.2) is 0 Å². The van der Waals surface area contributed by atoms with Gasteiger partial charge in [0, 0.05) is 0 Å². The Hall–Kier alpha value is -0.120. The minimum atomic E-state index is 0.238. The summed E-state index contributed by atoms with van der Waals surface area (Å²) < 4.78 is 4.70. The second-order valence-corrected chi connectivity index (χ2v) is 1.27. The zero-order valence-corrected chi connectivity index (χ0v) is 3.31. The van der Waals surface area contributed by atoms with Gasteiger partial charge in [-0.15, -0.1) is 5.90 Å². The van der Waals surface area contributed by atoms with Gasteiger partial charge >= 0.3 is 0 Å². The first-order valence-corrected chi connectivity index (χ1v) is 1.83. The van der Waals surface area contributed by atoms with E-state index in [0.717, 1.165) is 6.61 Å². The van der Waals surface area contributed by atoms with E-state index in [1.165, 1.54) is 0 Å². The lowest BCUT2D eigenvalue weighted by Gasteiger charge is -1.82. The van der Waals surface area contributed by atoms with Crippen molar-refractivity contribution in [3.8, 4) is 0 Å². The van der Waals surface area contributed by atoms with Crippen molar-refractivity contribution < 1.29 is 9.57 Å². The van der Waals surface area contributed by atoms with E-state index in [0.29, 0.717) is 6.61 Å². The largest absolute Gasteiger partial charge is 0.371 e. The van der Waals surface area contributed by atoms with E-state index in [9.17, 15) is 0 Å². The molecular formula is C3H6NO2. The van der Waals surface area contributed by atoms with Crippen LogP contribution in [-0.4, -0.2) is 19.3 Å². The molecule has 1 unspecified atom stereocenters. The summed E-state index contributed by atoms with van der Waals surface area (Å²) in [6.45, 7) is 1.21. The Bertz CT molecular complexity index is 44.1. The summed E-state index contributed by atoms with van der Waals surface area (Å²) in [5.74, 6) is 6.19. The highest BCUT2D eigenvalue weighted by Crippen LogP contribution is 2.06. The monoisotopic (exact) mass is 88.0 g/mol. The van der Waals surface area contributed by atoms with Crippen LogP contribution in [0.3, 0.4) is 0 Å². The van der Waals surface area contributed by atoms with Gasteiger partial charge in [0.05, 0.1) is 13.2 Å². The topological polar surface area (TPSA) is 45.6 Å². The van der Waals surface area contributed by atoms with Crippen molar-refractivity contribution in [1.82, 2.24) is 5.90 Å². The summed E-state index contributed by atoms with van der Waals surface area (Å²) in [4.78, 5) is 3.99. The van der Waals surface area contributed by atoms with Gasteiger partial charge in [0.25, 0.3) is 0 Å². The number of epoxide rings is 1. The quantitative estimate of drug-likeness (QED) is 0.340. The van der Waals surface area contributed by atoms with Crippen LogP contribution in [0.2, 0.25) is 0 Å². The van der Waals surface area contributed by atoms with Crippen LogP contribution in [0.25, 0.3) is 0 Å². The molecule has 0 aromatic carbocycles. The maximum Gasteiger partial charge on any atom is 0.106 e. The molecule has 3 nitrogen and oxygen atoms in total. The maximum absolute atomic E-state index is 6.19. The first kappa shape index (κ1) is 4.05. The summed E-state index contributed by atoms with van der Waals surface area (Å²) in [7, 11) is 0. The lowest BCUT2D eigenvalue weighted by atomic mass is 10.5. The molecule has 1 atom stereocenters. The molecule has 1 aliphatic heterocycles. The van der Waals surface area contributed by atoms with Crippen molar-refractivity contribution in [2.75, 3.05) is 13.2 Å². The molecular weight excluding hydrogens is 82.0 g/mol. The SMILES string of the molecule is [NH]OCC1CO1. The second kappa shape index (κ2) is 1.55. The third-order valence-corrected chi connectivity index (χ3v) is 0.672. The van der Waals surface area contributed by atoms with Crippen LogP contribution >= 0.6 is 0 Å². The number of hydrogen-bond donors (Lipinski definition) is 0. The molecule has 0 aromatic heterocycles. The molecule has 6 heavy (non-hydrogen) atoms. The van der Waals surface area contributed by atoms with Crippen LogP contribution in [0.1, 0.15) is 0 Å². The van der Waals surface area contributed by atoms with Gasteiger partial charge in [-0.25, -0.2) is 0 Å². The zero-order valence-electron chi connectivity index (χ0n) is 3.31. The summed E-state index contributed by atoms with van der Waals surface area (Å²) in [5.41, 5.74) is 0. The molecule has 0 aliphatic carbocycles. The van der Waals surface area contributed by atoms with E-state index in [2.05, 4.69) is 4.84 Å². The van der Waals surface area contributed by atoms with E-state index >= 15 is 0 Å². The van der Waals surface area contributed by atoms with Gasteiger partial charge in [-0.2, -0.15) is 0 Å². The normalized spacial score (nSPS) is 30.5. The highest BCUT2D eigenvalue weighted by Gasteiger charge is 2.21. The Morgan fingerprint density at radius 1 is 2.00 bits per heavy atom. The van der Waals surface area contributed by atoms with Gasteiger partial charge in [0.15, 0.2) is 0 Å². The molecule has 1 rings (SSSR count). The van der Waals surface area contributed by atoms with Gasteiger partial charge in [0.2, 0.25) is 0 Å². The highest BCUT2D eigenvalue weighted by atomic mass is 16.7. The Kier molecular flexibility index (Phi) is 1.05. The summed E-state index contributed by atoms with van der Waals surface area (Å²) in [5, 5.41) is 0. The fraction of sp³-hybridized carbons (Fsp3) is 1.00. The summed E-state index contributed by atoms with van der Waals surface area (Å²) in [6, 6.07) is 0. The molecule has 1 N–H and O–H groups in total. The fourth-order valence-electron chi connectivity index (χ4n) is 0.257. The predicted molar refractivity (Wildman–Crippen MR) is 18.8 cm³/mol. The van der Waals surface area contributed by atoms with E-state index in [1.54, 1.807) is 0 Å². The lowest BCUT2D eigenvalue weighted by Crippen LogP contribution is -1.97. The highest BCUT2D eigenvalue weighted by molar-refractivity contribution is 4.65. The number of rotatable bonds is 2. The standard InChI is InChI=1S/C3H6NO2/c4-6-2-3-1-5-3/h3-4H,1-2H2. The predicted octanol–water partition coefficient (Wildman–Crippen LogP) is -0.400. The van der Waals surface area contributed by atoms with Crippen molar-refractivity contribution in [2.45, 2.75) is 6.10 Å². The van der Waals surface area contributed by atoms with Gasteiger partial charge in [-0.3, -0.25) is 4.84 Å². The third kappa shape index (κ3) is 0.931. The Morgan fingerprint density at radius 3 is 2.83 bits per heavy atom. The average Bonchev–Trinajstić information content (AvgIpc) is 2.21. The molecule has 0 saturated carbocycles. The van der Waals surface area contributed by atoms with Crippen LogP contribution < -0.4 is 5.90 Å². The number of nitrogens with one attached hydrogen (secondary N) is 1. The van der Waals surface area contributed by atoms with Crippen molar-refractivity contribution in [3.63, 3.8) is 0 Å². The fourth-order valence-corrected chi connectivity index (χ4v) is 0.257. The summed E-state index contributed by atoms with van der Waals surface area (Å²) in [6.07, 6.45) is 0.238. The lowest BCUT2D eigenvalue weighted by molar-refractivity contribution is 0.101. The Labute approximate surface area is 36.0 Å². The van der Waals surface area contributed by atoms with E-state index in [4.69, 9.17) is 10.6 Å². The molecule has 1 aliphatic rings. The van der Waals surface area contributed by atoms with Crippen molar-refractivity contribution in [2.24, 2.45) is 0 Å². The molecule has 3 heteroatoms. The van der Waals surface area contributed by atoms with Crippen molar-refractivity contribution in [1.29, 1.82) is 0 Å². The maximum atomic E-state index is 6.19. The molecule has 0 amide bonds. The average molecular weight is 88.1 g/mol. The van der Waals surface area contributed by atoms with Gasteiger partial charge in [-0.1, -0.05) is 0 Å². The van der Waals surface area contributed by atoms with Crippen LogP contribution in [0.4, 0.5) is 0 Å². The minimum Gasteiger partial charge on any atom is -0.371 e. The molecule has 1 fully saturated rings. The third-order valence-electron chi connectivity index (χ3n) is 0.672. The number of hydrogen-bond acceptors (Lipinski definition) is 2. The first-order chi connectivity index (χ1) is 2.93. The van der Waals surface area contributed by atoms with Gasteiger partial charge < -0.3 is 4.74 Å².